The first kappa shape index (κ1) is 19.0. The molecule has 3 atom stereocenters. The largest absolute Gasteiger partial charge is 0.451 e. The Morgan fingerprint density at radius 3 is 2.26 bits per heavy atom. The quantitative estimate of drug-likeness (QED) is 0.626. The third-order valence-corrected chi connectivity index (χ3v) is 5.01. The Kier molecular flexibility index (Phi) is 5.53. The zero-order valence-electron chi connectivity index (χ0n) is 14.9. The molecule has 2 fully saturated rings. The highest BCUT2D eigenvalue weighted by molar-refractivity contribution is 6.07. The summed E-state index contributed by atoms with van der Waals surface area (Å²) in [5.41, 5.74) is 0.360. The second-order valence-corrected chi connectivity index (χ2v) is 6.89. The number of ether oxygens (including phenoxy) is 1. The standard InChI is InChI=1S/C19H21FN2O5/c1-11(17(24)21-13-8-6-12(20)7-9-13)27-16(23)10-22-18(25)14-4-2-3-5-15(14)19(22)26/h6-9,11,14-15H,2-5,10H2,1H3,(H,21,24)/t11-,14-,15+/m1/s1. The van der Waals surface area contributed by atoms with Crippen LogP contribution in [0.3, 0.4) is 0 Å². The van der Waals surface area contributed by atoms with Crippen LogP contribution < -0.4 is 5.32 Å². The third kappa shape index (κ3) is 4.15. The van der Waals surface area contributed by atoms with E-state index in [1.165, 1.54) is 31.2 Å². The molecule has 0 spiro atoms. The van der Waals surface area contributed by atoms with Crippen molar-refractivity contribution in [3.8, 4) is 0 Å². The third-order valence-electron chi connectivity index (χ3n) is 5.01. The summed E-state index contributed by atoms with van der Waals surface area (Å²) in [5, 5.41) is 2.50. The molecule has 8 heteroatoms. The number of carbonyl (C=O) groups is 4. The van der Waals surface area contributed by atoms with Gasteiger partial charge in [0.1, 0.15) is 12.4 Å². The van der Waals surface area contributed by atoms with Crippen molar-refractivity contribution < 1.29 is 28.3 Å². The van der Waals surface area contributed by atoms with Gasteiger partial charge in [-0.2, -0.15) is 0 Å². The van der Waals surface area contributed by atoms with Crippen LogP contribution >= 0.6 is 0 Å². The van der Waals surface area contributed by atoms with Crippen LogP contribution in [0.2, 0.25) is 0 Å². The van der Waals surface area contributed by atoms with Crippen LogP contribution in [0.1, 0.15) is 32.6 Å². The van der Waals surface area contributed by atoms with E-state index >= 15 is 0 Å². The SMILES string of the molecule is C[C@@H](OC(=O)CN1C(=O)[C@H]2CCCC[C@H]2C1=O)C(=O)Nc1ccc(F)cc1. The second-order valence-electron chi connectivity index (χ2n) is 6.89. The number of hydrogen-bond donors (Lipinski definition) is 1. The lowest BCUT2D eigenvalue weighted by Gasteiger charge is -2.19. The van der Waals surface area contributed by atoms with Gasteiger partial charge in [0.2, 0.25) is 11.8 Å². The van der Waals surface area contributed by atoms with Gasteiger partial charge in [-0.25, -0.2) is 4.39 Å². The van der Waals surface area contributed by atoms with E-state index in [-0.39, 0.29) is 23.7 Å². The molecule has 1 aromatic carbocycles. The summed E-state index contributed by atoms with van der Waals surface area (Å²) in [5.74, 6) is -3.18. The van der Waals surface area contributed by atoms with Gasteiger partial charge in [-0.15, -0.1) is 0 Å². The monoisotopic (exact) mass is 376 g/mol. The maximum Gasteiger partial charge on any atom is 0.326 e. The predicted molar refractivity (Wildman–Crippen MR) is 92.8 cm³/mol. The molecule has 0 radical (unpaired) electrons. The van der Waals surface area contributed by atoms with Crippen LogP contribution in [0.4, 0.5) is 10.1 Å². The van der Waals surface area contributed by atoms with Crippen molar-refractivity contribution in [2.45, 2.75) is 38.7 Å². The number of amides is 3. The van der Waals surface area contributed by atoms with Gasteiger partial charge >= 0.3 is 5.97 Å². The maximum absolute atomic E-state index is 12.9. The van der Waals surface area contributed by atoms with Gasteiger partial charge in [0, 0.05) is 5.69 Å². The molecule has 0 bridgehead atoms. The second kappa shape index (κ2) is 7.85. The van der Waals surface area contributed by atoms with Crippen LogP contribution in [0, 0.1) is 17.7 Å². The van der Waals surface area contributed by atoms with Crippen molar-refractivity contribution in [3.05, 3.63) is 30.1 Å². The number of anilines is 1. The van der Waals surface area contributed by atoms with E-state index in [1.54, 1.807) is 0 Å². The average molecular weight is 376 g/mol. The van der Waals surface area contributed by atoms with Crippen molar-refractivity contribution in [1.82, 2.24) is 4.90 Å². The van der Waals surface area contributed by atoms with Gasteiger partial charge in [0.25, 0.3) is 5.91 Å². The molecule has 1 heterocycles. The van der Waals surface area contributed by atoms with Gasteiger partial charge in [-0.3, -0.25) is 24.1 Å². The number of esters is 1. The van der Waals surface area contributed by atoms with Gasteiger partial charge < -0.3 is 10.1 Å². The molecule has 1 aliphatic heterocycles. The van der Waals surface area contributed by atoms with E-state index in [4.69, 9.17) is 4.74 Å². The van der Waals surface area contributed by atoms with Gasteiger partial charge in [-0.05, 0) is 44.0 Å². The lowest BCUT2D eigenvalue weighted by molar-refractivity contribution is -0.158. The van der Waals surface area contributed by atoms with Gasteiger partial charge in [0.05, 0.1) is 11.8 Å². The molecule has 7 nitrogen and oxygen atoms in total. The van der Waals surface area contributed by atoms with Crippen molar-refractivity contribution in [2.24, 2.45) is 11.8 Å². The summed E-state index contributed by atoms with van der Waals surface area (Å²) in [7, 11) is 0. The number of fused-ring (bicyclic) bond motifs is 1. The highest BCUT2D eigenvalue weighted by Gasteiger charge is 2.48. The molecule has 0 unspecified atom stereocenters. The smallest absolute Gasteiger partial charge is 0.326 e. The number of rotatable bonds is 5. The van der Waals surface area contributed by atoms with E-state index in [9.17, 15) is 23.6 Å². The fourth-order valence-corrected chi connectivity index (χ4v) is 3.58. The van der Waals surface area contributed by atoms with E-state index in [2.05, 4.69) is 5.32 Å². The van der Waals surface area contributed by atoms with E-state index in [1.807, 2.05) is 0 Å². The molecule has 144 valence electrons. The number of nitrogens with one attached hydrogen (secondary N) is 1. The molecule has 2 aliphatic rings. The molecule has 3 rings (SSSR count). The van der Waals surface area contributed by atoms with Crippen LogP contribution in [-0.2, 0) is 23.9 Å². The van der Waals surface area contributed by atoms with Crippen molar-refractivity contribution in [2.75, 3.05) is 11.9 Å². The van der Waals surface area contributed by atoms with Crippen molar-refractivity contribution >= 4 is 29.4 Å². The Morgan fingerprint density at radius 2 is 1.70 bits per heavy atom. The zero-order valence-corrected chi connectivity index (χ0v) is 14.9. The number of likely N-dealkylation sites (tertiary alicyclic amines) is 1. The van der Waals surface area contributed by atoms with Gasteiger partial charge in [-0.1, -0.05) is 12.8 Å². The first-order chi connectivity index (χ1) is 12.9. The molecule has 27 heavy (non-hydrogen) atoms. The van der Waals surface area contributed by atoms with Crippen LogP contribution in [-0.4, -0.2) is 41.2 Å². The minimum atomic E-state index is -1.13. The Hall–Kier alpha value is -2.77. The average Bonchev–Trinajstić information content (AvgIpc) is 2.89. The normalized spacial score (nSPS) is 23.0. The molecule has 1 N–H and O–H groups in total. The molecule has 3 amide bonds. The molecule has 1 saturated heterocycles. The summed E-state index contributed by atoms with van der Waals surface area (Å²) in [4.78, 5) is 49.9. The van der Waals surface area contributed by atoms with E-state index < -0.39 is 30.3 Å². The highest BCUT2D eigenvalue weighted by atomic mass is 19.1. The molecular weight excluding hydrogens is 355 g/mol. The fraction of sp³-hybridized carbons (Fsp3) is 0.474. The fourth-order valence-electron chi connectivity index (χ4n) is 3.58. The Balaban J connectivity index is 1.53. The molecule has 1 saturated carbocycles. The Bertz CT molecular complexity index is 740. The minimum absolute atomic E-state index is 0.329. The maximum atomic E-state index is 12.9. The summed E-state index contributed by atoms with van der Waals surface area (Å²) in [6, 6.07) is 5.14. The lowest BCUT2D eigenvalue weighted by Crippen LogP contribution is -2.39. The number of carbonyl (C=O) groups excluding carboxylic acids is 4. The first-order valence-corrected chi connectivity index (χ1v) is 8.98. The van der Waals surface area contributed by atoms with Crippen LogP contribution in [0.25, 0.3) is 0 Å². The Labute approximate surface area is 155 Å². The highest BCUT2D eigenvalue weighted by Crippen LogP contribution is 2.37. The Morgan fingerprint density at radius 1 is 1.15 bits per heavy atom. The predicted octanol–water partition coefficient (Wildman–Crippen LogP) is 1.87. The van der Waals surface area contributed by atoms with Crippen molar-refractivity contribution in [3.63, 3.8) is 0 Å². The minimum Gasteiger partial charge on any atom is -0.451 e. The lowest BCUT2D eigenvalue weighted by atomic mass is 9.81. The van der Waals surface area contributed by atoms with E-state index in [0.29, 0.717) is 18.5 Å². The van der Waals surface area contributed by atoms with Crippen LogP contribution in [0.15, 0.2) is 24.3 Å². The zero-order chi connectivity index (χ0) is 19.6. The van der Waals surface area contributed by atoms with Gasteiger partial charge in [0.15, 0.2) is 6.10 Å². The molecule has 0 aromatic heterocycles. The summed E-state index contributed by atoms with van der Waals surface area (Å²) in [6.07, 6.45) is 2.00. The topological polar surface area (TPSA) is 92.8 Å². The number of hydrogen-bond acceptors (Lipinski definition) is 5. The first-order valence-electron chi connectivity index (χ1n) is 8.98. The number of benzene rings is 1. The van der Waals surface area contributed by atoms with E-state index in [0.717, 1.165) is 17.7 Å². The van der Waals surface area contributed by atoms with Crippen LogP contribution in [0.5, 0.6) is 0 Å². The summed E-state index contributed by atoms with van der Waals surface area (Å²) < 4.78 is 17.9. The number of imide groups is 1. The summed E-state index contributed by atoms with van der Waals surface area (Å²) >= 11 is 0. The molecule has 1 aliphatic carbocycles. The number of nitrogens with zero attached hydrogens (tertiary/aromatic N) is 1. The molecule has 1 aromatic rings. The summed E-state index contributed by atoms with van der Waals surface area (Å²) in [6.45, 7) is 0.892. The number of halogens is 1. The molecular formula is C19H21FN2O5. The van der Waals surface area contributed by atoms with Crippen molar-refractivity contribution in [1.29, 1.82) is 0 Å².